The van der Waals surface area contributed by atoms with Gasteiger partial charge in [0.15, 0.2) is 0 Å². The number of hydrogen-bond acceptors (Lipinski definition) is 5. The van der Waals surface area contributed by atoms with Gasteiger partial charge in [-0.1, -0.05) is 24.3 Å². The summed E-state index contributed by atoms with van der Waals surface area (Å²) in [5.41, 5.74) is -0.241. The maximum Gasteiger partial charge on any atom is 0.270 e. The maximum absolute atomic E-state index is 12.8. The summed E-state index contributed by atoms with van der Waals surface area (Å²) in [5.74, 6) is 0.696. The summed E-state index contributed by atoms with van der Waals surface area (Å²) in [6, 6.07) is 14.4. The zero-order valence-electron chi connectivity index (χ0n) is 13.4. The molecule has 2 aromatic carbocycles. The van der Waals surface area contributed by atoms with Gasteiger partial charge in [0.2, 0.25) is 10.0 Å². The van der Waals surface area contributed by atoms with Crippen molar-refractivity contribution in [1.82, 2.24) is 4.31 Å². The monoisotopic (exact) mass is 362 g/mol. The number of sulfonamides is 1. The molecule has 0 aliphatic carbocycles. The molecule has 0 aromatic heterocycles. The zero-order chi connectivity index (χ0) is 17.9. The predicted octanol–water partition coefficient (Wildman–Crippen LogP) is 2.83. The third-order valence-corrected chi connectivity index (χ3v) is 5.91. The molecule has 3 rings (SSSR count). The van der Waals surface area contributed by atoms with Crippen LogP contribution >= 0.6 is 0 Å². The second-order valence-electron chi connectivity index (χ2n) is 5.81. The lowest BCUT2D eigenvalue weighted by atomic mass is 10.1. The van der Waals surface area contributed by atoms with Crippen LogP contribution in [0.5, 0.6) is 5.75 Å². The van der Waals surface area contributed by atoms with Gasteiger partial charge in [0.05, 0.1) is 16.4 Å². The molecule has 0 radical (unpaired) electrons. The van der Waals surface area contributed by atoms with E-state index in [-0.39, 0.29) is 23.2 Å². The summed E-state index contributed by atoms with van der Waals surface area (Å²) < 4.78 is 32.8. The summed E-state index contributed by atoms with van der Waals surface area (Å²) in [6.45, 7) is 0.597. The van der Waals surface area contributed by atoms with Gasteiger partial charge in [0.25, 0.3) is 5.69 Å². The molecule has 1 fully saturated rings. The Labute approximate surface area is 146 Å². The Balaban J connectivity index is 1.78. The third-order valence-electron chi connectivity index (χ3n) is 4.05. The number of nitrogens with zero attached hydrogens (tertiary/aromatic N) is 2. The first-order valence-electron chi connectivity index (χ1n) is 7.93. The molecule has 0 N–H and O–H groups in total. The Morgan fingerprint density at radius 1 is 1.12 bits per heavy atom. The van der Waals surface area contributed by atoms with Gasteiger partial charge in [0, 0.05) is 18.7 Å². The van der Waals surface area contributed by atoms with Crippen LogP contribution in [0.4, 0.5) is 5.69 Å². The average molecular weight is 362 g/mol. The van der Waals surface area contributed by atoms with E-state index < -0.39 is 14.9 Å². The van der Waals surface area contributed by atoms with E-state index in [1.807, 2.05) is 30.3 Å². The minimum Gasteiger partial charge on any atom is -0.489 e. The van der Waals surface area contributed by atoms with Crippen molar-refractivity contribution in [2.75, 3.05) is 13.1 Å². The molecule has 0 saturated carbocycles. The van der Waals surface area contributed by atoms with Gasteiger partial charge in [-0.15, -0.1) is 0 Å². The molecule has 7 nitrogen and oxygen atoms in total. The molecule has 132 valence electrons. The van der Waals surface area contributed by atoms with E-state index in [2.05, 4.69) is 0 Å². The number of nitro benzene ring substituents is 1. The van der Waals surface area contributed by atoms with Crippen molar-refractivity contribution < 1.29 is 18.1 Å². The molecule has 1 unspecified atom stereocenters. The van der Waals surface area contributed by atoms with E-state index in [0.29, 0.717) is 18.7 Å². The highest BCUT2D eigenvalue weighted by Crippen LogP contribution is 2.25. The van der Waals surface area contributed by atoms with Crippen LogP contribution in [0.2, 0.25) is 0 Å². The normalized spacial score (nSPS) is 18.6. The lowest BCUT2D eigenvalue weighted by Gasteiger charge is -2.32. The molecule has 0 spiro atoms. The Kier molecular flexibility index (Phi) is 5.00. The standard InChI is InChI=1S/C17H18N2O5S/c20-19(21)14-6-4-10-17(12-14)25(22,23)18-11-5-9-16(13-18)24-15-7-2-1-3-8-15/h1-4,6-8,10,12,16H,5,9,11,13H2. The lowest BCUT2D eigenvalue weighted by Crippen LogP contribution is -2.44. The molecular formula is C17H18N2O5S. The van der Waals surface area contributed by atoms with E-state index in [0.717, 1.165) is 12.5 Å². The van der Waals surface area contributed by atoms with Crippen molar-refractivity contribution in [3.05, 3.63) is 64.7 Å². The van der Waals surface area contributed by atoms with Gasteiger partial charge in [0.1, 0.15) is 11.9 Å². The Morgan fingerprint density at radius 2 is 1.88 bits per heavy atom. The second-order valence-corrected chi connectivity index (χ2v) is 7.75. The largest absolute Gasteiger partial charge is 0.489 e. The predicted molar refractivity (Wildman–Crippen MR) is 91.9 cm³/mol. The quantitative estimate of drug-likeness (QED) is 0.603. The first-order chi connectivity index (χ1) is 12.0. The third kappa shape index (κ3) is 3.97. The highest BCUT2D eigenvalue weighted by Gasteiger charge is 2.32. The van der Waals surface area contributed by atoms with Crippen LogP contribution in [-0.4, -0.2) is 36.8 Å². The van der Waals surface area contributed by atoms with Crippen molar-refractivity contribution in [1.29, 1.82) is 0 Å². The smallest absolute Gasteiger partial charge is 0.270 e. The van der Waals surface area contributed by atoms with Crippen molar-refractivity contribution >= 4 is 15.7 Å². The van der Waals surface area contributed by atoms with E-state index in [1.54, 1.807) is 0 Å². The van der Waals surface area contributed by atoms with Crippen molar-refractivity contribution in [2.24, 2.45) is 0 Å². The fourth-order valence-electron chi connectivity index (χ4n) is 2.82. The topological polar surface area (TPSA) is 89.8 Å². The molecule has 0 bridgehead atoms. The van der Waals surface area contributed by atoms with Crippen molar-refractivity contribution in [3.8, 4) is 5.75 Å². The fourth-order valence-corrected chi connectivity index (χ4v) is 4.37. The number of piperidine rings is 1. The zero-order valence-corrected chi connectivity index (χ0v) is 14.3. The van der Waals surface area contributed by atoms with E-state index in [9.17, 15) is 18.5 Å². The molecule has 1 aliphatic rings. The number of benzene rings is 2. The fraction of sp³-hybridized carbons (Fsp3) is 0.294. The molecule has 1 atom stereocenters. The number of rotatable bonds is 5. The van der Waals surface area contributed by atoms with Crippen LogP contribution in [0, 0.1) is 10.1 Å². The highest BCUT2D eigenvalue weighted by molar-refractivity contribution is 7.89. The molecule has 8 heteroatoms. The maximum atomic E-state index is 12.8. The minimum absolute atomic E-state index is 0.0675. The van der Waals surface area contributed by atoms with Gasteiger partial charge in [-0.3, -0.25) is 10.1 Å². The first kappa shape index (κ1) is 17.4. The van der Waals surface area contributed by atoms with E-state index in [4.69, 9.17) is 4.74 Å². The summed E-state index contributed by atoms with van der Waals surface area (Å²) in [7, 11) is -3.79. The van der Waals surface area contributed by atoms with Crippen LogP contribution in [0.3, 0.4) is 0 Å². The number of non-ortho nitro benzene ring substituents is 1. The van der Waals surface area contributed by atoms with Gasteiger partial charge in [-0.25, -0.2) is 8.42 Å². The van der Waals surface area contributed by atoms with E-state index >= 15 is 0 Å². The number of hydrogen-bond donors (Lipinski definition) is 0. The van der Waals surface area contributed by atoms with Gasteiger partial charge >= 0.3 is 0 Å². The Bertz CT molecular complexity index is 854. The molecule has 1 heterocycles. The van der Waals surface area contributed by atoms with Crippen molar-refractivity contribution in [2.45, 2.75) is 23.8 Å². The first-order valence-corrected chi connectivity index (χ1v) is 9.37. The molecule has 1 saturated heterocycles. The molecule has 1 aliphatic heterocycles. The average Bonchev–Trinajstić information content (AvgIpc) is 2.63. The summed E-state index contributed by atoms with van der Waals surface area (Å²) in [6.07, 6.45) is 1.19. The number of ether oxygens (including phenoxy) is 1. The molecule has 2 aromatic rings. The summed E-state index contributed by atoms with van der Waals surface area (Å²) in [5, 5.41) is 10.9. The van der Waals surface area contributed by atoms with Crippen LogP contribution < -0.4 is 4.74 Å². The van der Waals surface area contributed by atoms with Gasteiger partial charge < -0.3 is 4.74 Å². The van der Waals surface area contributed by atoms with Gasteiger partial charge in [-0.05, 0) is 31.0 Å². The summed E-state index contributed by atoms with van der Waals surface area (Å²) >= 11 is 0. The van der Waals surface area contributed by atoms with Crippen LogP contribution in [0.25, 0.3) is 0 Å². The Hall–Kier alpha value is -2.45. The van der Waals surface area contributed by atoms with Crippen molar-refractivity contribution in [3.63, 3.8) is 0 Å². The minimum atomic E-state index is -3.79. The Morgan fingerprint density at radius 3 is 2.60 bits per heavy atom. The number of nitro groups is 1. The second kappa shape index (κ2) is 7.20. The van der Waals surface area contributed by atoms with E-state index in [1.165, 1.54) is 22.5 Å². The number of para-hydroxylation sites is 1. The van der Waals surface area contributed by atoms with Crippen LogP contribution in [-0.2, 0) is 10.0 Å². The van der Waals surface area contributed by atoms with Gasteiger partial charge in [-0.2, -0.15) is 4.31 Å². The SMILES string of the molecule is O=[N+]([O-])c1cccc(S(=O)(=O)N2CCCC(Oc3ccccc3)C2)c1. The molecule has 25 heavy (non-hydrogen) atoms. The van der Waals surface area contributed by atoms with Crippen LogP contribution in [0.1, 0.15) is 12.8 Å². The summed E-state index contributed by atoms with van der Waals surface area (Å²) in [4.78, 5) is 10.2. The molecule has 0 amide bonds. The lowest BCUT2D eigenvalue weighted by molar-refractivity contribution is -0.385. The molecular weight excluding hydrogens is 344 g/mol. The van der Waals surface area contributed by atoms with Crippen LogP contribution in [0.15, 0.2) is 59.5 Å². The highest BCUT2D eigenvalue weighted by atomic mass is 32.2.